The molecule has 0 radical (unpaired) electrons. The minimum atomic E-state index is -1.24. The average Bonchev–Trinajstić information content (AvgIpc) is 2.53. The van der Waals surface area contributed by atoms with Crippen molar-refractivity contribution in [2.75, 3.05) is 13.2 Å². The van der Waals surface area contributed by atoms with Gasteiger partial charge in [0.25, 0.3) is 5.91 Å². The zero-order valence-electron chi connectivity index (χ0n) is 15.8. The van der Waals surface area contributed by atoms with Crippen LogP contribution in [0.3, 0.4) is 0 Å². The van der Waals surface area contributed by atoms with Crippen molar-refractivity contribution < 1.29 is 34.8 Å². The lowest BCUT2D eigenvalue weighted by molar-refractivity contribution is -0.124. The van der Waals surface area contributed by atoms with Gasteiger partial charge in [-0.15, -0.1) is 0 Å². The fourth-order valence-electron chi connectivity index (χ4n) is 1.53. The van der Waals surface area contributed by atoms with Crippen LogP contribution in [0.2, 0.25) is 0 Å². The first-order valence-electron chi connectivity index (χ1n) is 8.10. The fraction of sp³-hybridized carbons (Fsp3) is 0.471. The number of alkyl carbamates (subject to hydrolysis) is 1. The van der Waals surface area contributed by atoms with Crippen molar-refractivity contribution in [1.82, 2.24) is 10.7 Å². The van der Waals surface area contributed by atoms with Crippen molar-refractivity contribution in [3.8, 4) is 11.5 Å². The summed E-state index contributed by atoms with van der Waals surface area (Å²) in [5.41, 5.74) is 1.64. The zero-order chi connectivity index (χ0) is 21.0. The largest absolute Gasteiger partial charge is 0.508 e. The second-order valence-electron chi connectivity index (χ2n) is 6.17. The quantitative estimate of drug-likeness (QED) is 0.316. The number of aliphatic hydroxyl groups excluding tert-OH is 2. The molecular weight excluding hydrogens is 358 g/mol. The number of carbonyl (C=O) groups excluding carboxylic acids is 2. The molecule has 152 valence electrons. The molecule has 2 amide bonds. The number of phenols is 2. The standard InChI is InChI=1S/C15H21N3O6.C2H6O/c1-15(2,3)24-14(23)17-11(8-19)13(22)18-16-7-9-4-5-10(20)6-12(9)21;1-2-3/h4-7,11,19-21H,8H2,1-3H3,(H,17,23)(H,18,22);3H,2H2,1H3/b16-7+;/t11-;/m0./s1. The highest BCUT2D eigenvalue weighted by atomic mass is 16.6. The number of rotatable bonds is 5. The van der Waals surface area contributed by atoms with Crippen LogP contribution < -0.4 is 10.7 Å². The Morgan fingerprint density at radius 3 is 2.33 bits per heavy atom. The minimum absolute atomic E-state index is 0.115. The van der Waals surface area contributed by atoms with Crippen LogP contribution in [-0.4, -0.2) is 63.5 Å². The number of benzene rings is 1. The first-order chi connectivity index (χ1) is 12.5. The molecule has 1 aromatic carbocycles. The molecular formula is C17H27N3O7. The van der Waals surface area contributed by atoms with Gasteiger partial charge in [0.1, 0.15) is 23.1 Å². The maximum Gasteiger partial charge on any atom is 0.408 e. The molecule has 0 saturated carbocycles. The smallest absolute Gasteiger partial charge is 0.408 e. The summed E-state index contributed by atoms with van der Waals surface area (Å²) in [6.07, 6.45) is 0.297. The summed E-state index contributed by atoms with van der Waals surface area (Å²) in [5, 5.41) is 41.3. The molecule has 1 aromatic rings. The zero-order valence-corrected chi connectivity index (χ0v) is 15.8. The highest BCUT2D eigenvalue weighted by molar-refractivity contribution is 5.88. The van der Waals surface area contributed by atoms with E-state index in [1.54, 1.807) is 27.7 Å². The molecule has 0 aliphatic carbocycles. The molecule has 0 bridgehead atoms. The lowest BCUT2D eigenvalue weighted by Gasteiger charge is -2.21. The molecule has 6 N–H and O–H groups in total. The van der Waals surface area contributed by atoms with E-state index in [0.29, 0.717) is 0 Å². The Bertz CT molecular complexity index is 642. The predicted molar refractivity (Wildman–Crippen MR) is 98.5 cm³/mol. The van der Waals surface area contributed by atoms with E-state index in [-0.39, 0.29) is 23.7 Å². The van der Waals surface area contributed by atoms with Crippen molar-refractivity contribution in [1.29, 1.82) is 0 Å². The normalized spacial score (nSPS) is 11.9. The first kappa shape index (κ1) is 24.1. The molecule has 0 heterocycles. The molecule has 10 nitrogen and oxygen atoms in total. The number of nitrogens with one attached hydrogen (secondary N) is 2. The van der Waals surface area contributed by atoms with Gasteiger partial charge in [0.2, 0.25) is 0 Å². The van der Waals surface area contributed by atoms with Gasteiger partial charge < -0.3 is 30.5 Å². The second kappa shape index (κ2) is 11.7. The number of ether oxygens (including phenoxy) is 1. The van der Waals surface area contributed by atoms with Gasteiger partial charge in [-0.25, -0.2) is 10.2 Å². The number of carbonyl (C=O) groups is 2. The molecule has 0 aliphatic rings. The summed E-state index contributed by atoms with van der Waals surface area (Å²) in [5.74, 6) is -1.10. The summed E-state index contributed by atoms with van der Waals surface area (Å²) in [4.78, 5) is 23.4. The monoisotopic (exact) mass is 385 g/mol. The van der Waals surface area contributed by atoms with Gasteiger partial charge in [-0.05, 0) is 39.8 Å². The number of hydrogen-bond acceptors (Lipinski definition) is 8. The van der Waals surface area contributed by atoms with Crippen LogP contribution in [0, 0.1) is 0 Å². The van der Waals surface area contributed by atoms with Crippen molar-refractivity contribution in [3.63, 3.8) is 0 Å². The molecule has 0 unspecified atom stereocenters. The van der Waals surface area contributed by atoms with Crippen LogP contribution >= 0.6 is 0 Å². The average molecular weight is 385 g/mol. The molecule has 10 heteroatoms. The van der Waals surface area contributed by atoms with E-state index >= 15 is 0 Å². The SMILES string of the molecule is CC(C)(C)OC(=O)N[C@@H](CO)C(=O)N/N=C/c1ccc(O)cc1O.CCO. The van der Waals surface area contributed by atoms with E-state index < -0.39 is 30.3 Å². The van der Waals surface area contributed by atoms with Crippen molar-refractivity contribution >= 4 is 18.2 Å². The molecule has 0 aliphatic heterocycles. The third-order valence-corrected chi connectivity index (χ3v) is 2.58. The second-order valence-corrected chi connectivity index (χ2v) is 6.17. The van der Waals surface area contributed by atoms with Gasteiger partial charge in [0, 0.05) is 18.2 Å². The van der Waals surface area contributed by atoms with Crippen molar-refractivity contribution in [2.45, 2.75) is 39.3 Å². The fourth-order valence-corrected chi connectivity index (χ4v) is 1.53. The number of hydrazone groups is 1. The Morgan fingerprint density at radius 2 is 1.85 bits per heavy atom. The molecule has 0 aromatic heterocycles. The number of nitrogens with zero attached hydrogens (tertiary/aromatic N) is 1. The Kier molecular flexibility index (Phi) is 10.5. The van der Waals surface area contributed by atoms with Gasteiger partial charge in [0.15, 0.2) is 0 Å². The number of phenolic OH excluding ortho intramolecular Hbond substituents is 2. The summed E-state index contributed by atoms with van der Waals surface area (Å²) < 4.78 is 4.98. The van der Waals surface area contributed by atoms with Gasteiger partial charge in [-0.2, -0.15) is 5.10 Å². The van der Waals surface area contributed by atoms with Crippen LogP contribution in [-0.2, 0) is 9.53 Å². The van der Waals surface area contributed by atoms with Crippen LogP contribution in [0.15, 0.2) is 23.3 Å². The van der Waals surface area contributed by atoms with Gasteiger partial charge in [0.05, 0.1) is 12.8 Å². The molecule has 0 saturated heterocycles. The minimum Gasteiger partial charge on any atom is -0.508 e. The Balaban J connectivity index is 0.00000210. The van der Waals surface area contributed by atoms with E-state index in [1.807, 2.05) is 0 Å². The van der Waals surface area contributed by atoms with Crippen LogP contribution in [0.4, 0.5) is 4.79 Å². The third kappa shape index (κ3) is 10.7. The Morgan fingerprint density at radius 1 is 1.26 bits per heavy atom. The topological polar surface area (TPSA) is 161 Å². The van der Waals surface area contributed by atoms with E-state index in [2.05, 4.69) is 15.8 Å². The lowest BCUT2D eigenvalue weighted by atomic mass is 10.2. The molecule has 1 rings (SSSR count). The Hall–Kier alpha value is -2.85. The summed E-state index contributed by atoms with van der Waals surface area (Å²) >= 11 is 0. The Labute approximate surface area is 157 Å². The summed E-state index contributed by atoms with van der Waals surface area (Å²) in [6, 6.07) is 2.60. The summed E-state index contributed by atoms with van der Waals surface area (Å²) in [7, 11) is 0. The molecule has 0 fully saturated rings. The van der Waals surface area contributed by atoms with E-state index in [4.69, 9.17) is 14.9 Å². The van der Waals surface area contributed by atoms with Gasteiger partial charge in [-0.3, -0.25) is 4.79 Å². The van der Waals surface area contributed by atoms with Crippen LogP contribution in [0.5, 0.6) is 11.5 Å². The highest BCUT2D eigenvalue weighted by Crippen LogP contribution is 2.20. The predicted octanol–water partition coefficient (Wildman–Crippen LogP) is 0.432. The number of aliphatic hydroxyl groups is 2. The van der Waals surface area contributed by atoms with Crippen LogP contribution in [0.1, 0.15) is 33.3 Å². The maximum absolute atomic E-state index is 11.8. The number of hydrogen-bond donors (Lipinski definition) is 6. The maximum atomic E-state index is 11.8. The van der Waals surface area contributed by atoms with Gasteiger partial charge in [-0.1, -0.05) is 0 Å². The van der Waals surface area contributed by atoms with E-state index in [9.17, 15) is 19.8 Å². The lowest BCUT2D eigenvalue weighted by Crippen LogP contribution is -2.49. The number of amides is 2. The van der Waals surface area contributed by atoms with Gasteiger partial charge >= 0.3 is 6.09 Å². The van der Waals surface area contributed by atoms with Crippen LogP contribution in [0.25, 0.3) is 0 Å². The van der Waals surface area contributed by atoms with Crippen molar-refractivity contribution in [2.24, 2.45) is 5.10 Å². The third-order valence-electron chi connectivity index (χ3n) is 2.58. The highest BCUT2D eigenvalue weighted by Gasteiger charge is 2.23. The molecule has 0 spiro atoms. The first-order valence-corrected chi connectivity index (χ1v) is 8.10. The molecule has 27 heavy (non-hydrogen) atoms. The van der Waals surface area contributed by atoms with E-state index in [0.717, 1.165) is 12.3 Å². The van der Waals surface area contributed by atoms with E-state index in [1.165, 1.54) is 12.1 Å². The number of aromatic hydroxyl groups is 2. The van der Waals surface area contributed by atoms with Crippen molar-refractivity contribution in [3.05, 3.63) is 23.8 Å². The molecule has 1 atom stereocenters. The summed E-state index contributed by atoms with van der Waals surface area (Å²) in [6.45, 7) is 6.27.